The predicted molar refractivity (Wildman–Crippen MR) is 94.2 cm³/mol. The molecule has 1 amide bonds. The molecule has 1 heterocycles. The van der Waals surface area contributed by atoms with Gasteiger partial charge >= 0.3 is 0 Å². The van der Waals surface area contributed by atoms with Gasteiger partial charge in [-0.05, 0) is 25.1 Å². The van der Waals surface area contributed by atoms with E-state index in [2.05, 4.69) is 10.3 Å². The number of nitro benzene ring substituents is 2. The van der Waals surface area contributed by atoms with Gasteiger partial charge in [-0.1, -0.05) is 18.2 Å². The van der Waals surface area contributed by atoms with Crippen molar-refractivity contribution in [2.45, 2.75) is 6.92 Å². The summed E-state index contributed by atoms with van der Waals surface area (Å²) >= 11 is 0. The molecular weight excluding hydrogens is 340 g/mol. The Morgan fingerprint density at radius 3 is 2.46 bits per heavy atom. The quantitative estimate of drug-likeness (QED) is 0.564. The average molecular weight is 352 g/mol. The molecule has 3 rings (SSSR count). The molecule has 9 nitrogen and oxygen atoms in total. The van der Waals surface area contributed by atoms with E-state index in [0.717, 1.165) is 17.5 Å². The molecule has 3 aromatic rings. The van der Waals surface area contributed by atoms with Crippen LogP contribution in [0.1, 0.15) is 15.9 Å². The summed E-state index contributed by atoms with van der Waals surface area (Å²) in [4.78, 5) is 37.4. The van der Waals surface area contributed by atoms with Crippen molar-refractivity contribution in [2.75, 3.05) is 5.32 Å². The summed E-state index contributed by atoms with van der Waals surface area (Å²) in [5.41, 5.74) is -0.471. The topological polar surface area (TPSA) is 128 Å². The summed E-state index contributed by atoms with van der Waals surface area (Å²) < 4.78 is 0. The van der Waals surface area contributed by atoms with Gasteiger partial charge in [0.25, 0.3) is 17.3 Å². The van der Waals surface area contributed by atoms with E-state index in [4.69, 9.17) is 0 Å². The van der Waals surface area contributed by atoms with Gasteiger partial charge in [0.1, 0.15) is 5.82 Å². The number of anilines is 1. The van der Waals surface area contributed by atoms with Gasteiger partial charge in [0.15, 0.2) is 0 Å². The number of aromatic nitrogens is 1. The molecule has 0 aliphatic rings. The third-order valence-corrected chi connectivity index (χ3v) is 3.86. The third kappa shape index (κ3) is 3.18. The first-order valence-electron chi connectivity index (χ1n) is 7.47. The third-order valence-electron chi connectivity index (χ3n) is 3.86. The Kier molecular flexibility index (Phi) is 4.27. The number of carbonyl (C=O) groups is 1. The number of rotatable bonds is 4. The van der Waals surface area contributed by atoms with Crippen molar-refractivity contribution in [1.29, 1.82) is 0 Å². The number of para-hydroxylation sites is 1. The second-order valence-electron chi connectivity index (χ2n) is 5.49. The van der Waals surface area contributed by atoms with Crippen molar-refractivity contribution in [3.8, 4) is 0 Å². The molecule has 130 valence electrons. The van der Waals surface area contributed by atoms with Gasteiger partial charge in [-0.2, -0.15) is 0 Å². The number of hydrogen-bond donors (Lipinski definition) is 1. The maximum Gasteiger partial charge on any atom is 0.279 e. The van der Waals surface area contributed by atoms with Crippen LogP contribution in [0.25, 0.3) is 10.9 Å². The molecule has 0 saturated heterocycles. The second kappa shape index (κ2) is 6.55. The zero-order valence-corrected chi connectivity index (χ0v) is 13.5. The minimum atomic E-state index is -0.780. The molecule has 1 N–H and O–H groups in total. The molecule has 0 fully saturated rings. The molecule has 0 aliphatic heterocycles. The number of carbonyl (C=O) groups excluding carboxylic acids is 1. The fourth-order valence-corrected chi connectivity index (χ4v) is 2.53. The van der Waals surface area contributed by atoms with Crippen LogP contribution < -0.4 is 5.32 Å². The van der Waals surface area contributed by atoms with Crippen LogP contribution in [0.3, 0.4) is 0 Å². The minimum Gasteiger partial charge on any atom is -0.307 e. The molecule has 1 aromatic heterocycles. The number of nitro groups is 2. The highest BCUT2D eigenvalue weighted by molar-refractivity contribution is 6.06. The smallest absolute Gasteiger partial charge is 0.279 e. The molecule has 0 atom stereocenters. The second-order valence-corrected chi connectivity index (χ2v) is 5.49. The Balaban J connectivity index is 2.00. The van der Waals surface area contributed by atoms with E-state index in [1.165, 1.54) is 6.92 Å². The molecule has 0 aliphatic carbocycles. The van der Waals surface area contributed by atoms with Gasteiger partial charge < -0.3 is 5.32 Å². The van der Waals surface area contributed by atoms with Crippen LogP contribution in [0.4, 0.5) is 17.2 Å². The van der Waals surface area contributed by atoms with Crippen LogP contribution >= 0.6 is 0 Å². The first-order valence-corrected chi connectivity index (χ1v) is 7.47. The van der Waals surface area contributed by atoms with Gasteiger partial charge in [-0.15, -0.1) is 0 Å². The predicted octanol–water partition coefficient (Wildman–Crippen LogP) is 3.61. The molecule has 26 heavy (non-hydrogen) atoms. The Labute approximate surface area is 146 Å². The van der Waals surface area contributed by atoms with E-state index in [0.29, 0.717) is 5.52 Å². The van der Waals surface area contributed by atoms with Crippen molar-refractivity contribution < 1.29 is 14.6 Å². The van der Waals surface area contributed by atoms with E-state index < -0.39 is 27.1 Å². The van der Waals surface area contributed by atoms with Gasteiger partial charge in [0.05, 0.1) is 27.0 Å². The van der Waals surface area contributed by atoms with Gasteiger partial charge in [0, 0.05) is 17.0 Å². The van der Waals surface area contributed by atoms with Crippen molar-refractivity contribution in [2.24, 2.45) is 0 Å². The SMILES string of the molecule is Cc1c(C(=O)Nc2ccc3ccccc3n2)cc([N+](=O)[O-])cc1[N+](=O)[O-]. The van der Waals surface area contributed by atoms with E-state index in [1.54, 1.807) is 24.3 Å². The van der Waals surface area contributed by atoms with Crippen LogP contribution in [-0.4, -0.2) is 20.7 Å². The molecule has 0 saturated carbocycles. The summed E-state index contributed by atoms with van der Waals surface area (Å²) in [6, 6.07) is 12.5. The summed E-state index contributed by atoms with van der Waals surface area (Å²) in [7, 11) is 0. The normalized spacial score (nSPS) is 10.5. The lowest BCUT2D eigenvalue weighted by Crippen LogP contribution is -2.15. The lowest BCUT2D eigenvalue weighted by Gasteiger charge is -2.08. The fourth-order valence-electron chi connectivity index (χ4n) is 2.53. The van der Waals surface area contributed by atoms with Gasteiger partial charge in [-0.3, -0.25) is 25.0 Å². The van der Waals surface area contributed by atoms with Crippen molar-refractivity contribution >= 4 is 34.0 Å². The highest BCUT2D eigenvalue weighted by Crippen LogP contribution is 2.28. The molecular formula is C17H12N4O5. The number of pyridine rings is 1. The zero-order chi connectivity index (χ0) is 18.8. The fraction of sp³-hybridized carbons (Fsp3) is 0.0588. The summed E-state index contributed by atoms with van der Waals surface area (Å²) in [5, 5.41) is 25.5. The Morgan fingerprint density at radius 1 is 1.04 bits per heavy atom. The number of nitrogens with one attached hydrogen (secondary N) is 1. The lowest BCUT2D eigenvalue weighted by atomic mass is 10.0. The van der Waals surface area contributed by atoms with Gasteiger partial charge in [-0.25, -0.2) is 4.98 Å². The van der Waals surface area contributed by atoms with Crippen LogP contribution in [0.5, 0.6) is 0 Å². The summed E-state index contributed by atoms with van der Waals surface area (Å²) in [6.45, 7) is 1.37. The molecule has 0 radical (unpaired) electrons. The highest BCUT2D eigenvalue weighted by atomic mass is 16.6. The number of nitrogens with zero attached hydrogens (tertiary/aromatic N) is 3. The van der Waals surface area contributed by atoms with Crippen LogP contribution in [0, 0.1) is 27.2 Å². The first kappa shape index (κ1) is 17.0. The molecule has 0 spiro atoms. The van der Waals surface area contributed by atoms with Crippen LogP contribution in [0.15, 0.2) is 48.5 Å². The van der Waals surface area contributed by atoms with Gasteiger partial charge in [0.2, 0.25) is 0 Å². The Bertz CT molecular complexity index is 1060. The lowest BCUT2D eigenvalue weighted by molar-refractivity contribution is -0.394. The maximum absolute atomic E-state index is 12.5. The summed E-state index contributed by atoms with van der Waals surface area (Å²) in [5.74, 6) is -0.473. The molecule has 2 aromatic carbocycles. The number of non-ortho nitro benzene ring substituents is 1. The number of amides is 1. The van der Waals surface area contributed by atoms with E-state index >= 15 is 0 Å². The minimum absolute atomic E-state index is 0.0406. The van der Waals surface area contributed by atoms with Crippen molar-refractivity contribution in [3.63, 3.8) is 0 Å². The van der Waals surface area contributed by atoms with Crippen LogP contribution in [-0.2, 0) is 0 Å². The average Bonchev–Trinajstić information content (AvgIpc) is 2.61. The van der Waals surface area contributed by atoms with Crippen molar-refractivity contribution in [3.05, 3.63) is 79.9 Å². The van der Waals surface area contributed by atoms with E-state index in [1.807, 2.05) is 12.1 Å². The number of hydrogen-bond acceptors (Lipinski definition) is 6. The number of benzene rings is 2. The highest BCUT2D eigenvalue weighted by Gasteiger charge is 2.24. The largest absolute Gasteiger partial charge is 0.307 e. The Hall–Kier alpha value is -3.88. The van der Waals surface area contributed by atoms with E-state index in [9.17, 15) is 25.0 Å². The number of fused-ring (bicyclic) bond motifs is 1. The first-order chi connectivity index (χ1) is 12.4. The molecule has 0 unspecified atom stereocenters. The molecule has 9 heteroatoms. The molecule has 0 bridgehead atoms. The van der Waals surface area contributed by atoms with Crippen molar-refractivity contribution in [1.82, 2.24) is 4.98 Å². The monoisotopic (exact) mass is 352 g/mol. The standard InChI is InChI=1S/C17H12N4O5/c1-10-13(8-12(20(23)24)9-15(10)21(25)26)17(22)19-16-7-6-11-4-2-3-5-14(11)18-16/h2-9H,1H3,(H,18,19,22). The zero-order valence-electron chi connectivity index (χ0n) is 13.5. The van der Waals surface area contributed by atoms with E-state index in [-0.39, 0.29) is 16.9 Å². The summed E-state index contributed by atoms with van der Waals surface area (Å²) in [6.07, 6.45) is 0. The van der Waals surface area contributed by atoms with Crippen LogP contribution in [0.2, 0.25) is 0 Å². The Morgan fingerprint density at radius 2 is 1.77 bits per heavy atom. The maximum atomic E-state index is 12.5.